The van der Waals surface area contributed by atoms with E-state index >= 15 is 0 Å². The fourth-order valence-corrected chi connectivity index (χ4v) is 0.886. The van der Waals surface area contributed by atoms with Gasteiger partial charge in [0.25, 0.3) is 0 Å². The third-order valence-corrected chi connectivity index (χ3v) is 1.52. The monoisotopic (exact) mass is 178 g/mol. The van der Waals surface area contributed by atoms with Gasteiger partial charge in [-0.2, -0.15) is 5.26 Å². The first-order valence-electron chi connectivity index (χ1n) is 3.37. The van der Waals surface area contributed by atoms with Gasteiger partial charge in [0, 0.05) is 12.1 Å². The number of nitrogens with zero attached hydrogens (tertiary/aromatic N) is 2. The average Bonchev–Trinajstić information content (AvgIpc) is 2.17. The van der Waals surface area contributed by atoms with Crippen molar-refractivity contribution in [3.63, 3.8) is 0 Å². The minimum atomic E-state index is -0.188. The third kappa shape index (κ3) is 1.56. The van der Waals surface area contributed by atoms with Gasteiger partial charge in [0.15, 0.2) is 11.5 Å². The van der Waals surface area contributed by atoms with E-state index in [0.717, 1.165) is 6.07 Å². The van der Waals surface area contributed by atoms with Gasteiger partial charge in [-0.15, -0.1) is 4.91 Å². The predicted octanol–water partition coefficient (Wildman–Crippen LogP) is 1.67. The largest absolute Gasteiger partial charge is 0.504 e. The predicted molar refractivity (Wildman–Crippen MR) is 44.8 cm³/mol. The Bertz CT molecular complexity index is 382. The van der Waals surface area contributed by atoms with Crippen molar-refractivity contribution < 1.29 is 9.84 Å². The molecule has 5 heteroatoms. The molecule has 0 heterocycles. The van der Waals surface area contributed by atoms with Crippen molar-refractivity contribution >= 4 is 5.69 Å². The molecule has 0 aliphatic rings. The standard InChI is InChI=1S/C8H6N2O3/c1-13-8-3-6(10-12)5(4-9)2-7(8)11/h2-3,11H,1H3. The quantitative estimate of drug-likeness (QED) is 0.698. The van der Waals surface area contributed by atoms with Crippen molar-refractivity contribution in [2.75, 3.05) is 7.11 Å². The Kier molecular flexibility index (Phi) is 2.45. The number of hydrogen-bond donors (Lipinski definition) is 1. The number of hydrogen-bond acceptors (Lipinski definition) is 5. The zero-order valence-corrected chi connectivity index (χ0v) is 6.81. The zero-order valence-electron chi connectivity index (χ0n) is 6.81. The van der Waals surface area contributed by atoms with Crippen LogP contribution < -0.4 is 4.74 Å². The van der Waals surface area contributed by atoms with Gasteiger partial charge in [0.2, 0.25) is 0 Å². The van der Waals surface area contributed by atoms with Gasteiger partial charge < -0.3 is 9.84 Å². The normalized spacial score (nSPS) is 8.92. The highest BCUT2D eigenvalue weighted by Crippen LogP contribution is 2.33. The van der Waals surface area contributed by atoms with E-state index in [1.165, 1.54) is 13.2 Å². The number of phenolic OH excluding ortho intramolecular Hbond substituents is 1. The number of methoxy groups -OCH3 is 1. The molecular formula is C8H6N2O3. The number of aromatic hydroxyl groups is 1. The van der Waals surface area contributed by atoms with Gasteiger partial charge in [0.1, 0.15) is 11.8 Å². The third-order valence-electron chi connectivity index (χ3n) is 1.52. The molecule has 0 fully saturated rings. The molecule has 1 aromatic rings. The molecular weight excluding hydrogens is 172 g/mol. The van der Waals surface area contributed by atoms with Gasteiger partial charge in [-0.1, -0.05) is 0 Å². The van der Waals surface area contributed by atoms with Crippen molar-refractivity contribution in [1.82, 2.24) is 0 Å². The summed E-state index contributed by atoms with van der Waals surface area (Å²) in [6.07, 6.45) is 0. The summed E-state index contributed by atoms with van der Waals surface area (Å²) in [5, 5.41) is 20.4. The molecule has 0 bridgehead atoms. The number of nitroso groups, excluding NO2 is 1. The van der Waals surface area contributed by atoms with Gasteiger partial charge in [-0.05, 0) is 5.18 Å². The first-order chi connectivity index (χ1) is 6.22. The van der Waals surface area contributed by atoms with E-state index < -0.39 is 0 Å². The summed E-state index contributed by atoms with van der Waals surface area (Å²) >= 11 is 0. The van der Waals surface area contributed by atoms with Crippen LogP contribution in [0.4, 0.5) is 5.69 Å². The van der Waals surface area contributed by atoms with Crippen LogP contribution in [0.5, 0.6) is 11.5 Å². The van der Waals surface area contributed by atoms with E-state index in [2.05, 4.69) is 5.18 Å². The summed E-state index contributed by atoms with van der Waals surface area (Å²) < 4.78 is 4.73. The summed E-state index contributed by atoms with van der Waals surface area (Å²) in [5.74, 6) is -0.0694. The Morgan fingerprint density at radius 3 is 2.77 bits per heavy atom. The fraction of sp³-hybridized carbons (Fsp3) is 0.125. The van der Waals surface area contributed by atoms with Crippen molar-refractivity contribution in [3.05, 3.63) is 22.6 Å². The lowest BCUT2D eigenvalue weighted by Gasteiger charge is -2.03. The van der Waals surface area contributed by atoms with Crippen LogP contribution >= 0.6 is 0 Å². The van der Waals surface area contributed by atoms with E-state index in [1.807, 2.05) is 0 Å². The van der Waals surface area contributed by atoms with Crippen LogP contribution in [0.15, 0.2) is 17.3 Å². The second-order valence-corrected chi connectivity index (χ2v) is 2.24. The highest BCUT2D eigenvalue weighted by atomic mass is 16.5. The summed E-state index contributed by atoms with van der Waals surface area (Å²) in [6.45, 7) is 0. The Labute approximate surface area is 74.2 Å². The smallest absolute Gasteiger partial charge is 0.162 e. The maximum Gasteiger partial charge on any atom is 0.162 e. The summed E-state index contributed by atoms with van der Waals surface area (Å²) in [4.78, 5) is 10.2. The molecule has 0 saturated heterocycles. The van der Waals surface area contributed by atoms with Crippen molar-refractivity contribution in [2.24, 2.45) is 5.18 Å². The summed E-state index contributed by atoms with van der Waals surface area (Å²) in [7, 11) is 1.34. The molecule has 0 aliphatic carbocycles. The van der Waals surface area contributed by atoms with Crippen molar-refractivity contribution in [3.8, 4) is 17.6 Å². The number of ether oxygens (including phenoxy) is 1. The summed E-state index contributed by atoms with van der Waals surface area (Å²) in [5.41, 5.74) is -0.0227. The molecule has 0 aliphatic heterocycles. The highest BCUT2D eigenvalue weighted by Gasteiger charge is 2.09. The molecule has 13 heavy (non-hydrogen) atoms. The van der Waals surface area contributed by atoms with E-state index in [9.17, 15) is 10.0 Å². The van der Waals surface area contributed by atoms with Crippen LogP contribution in [-0.4, -0.2) is 12.2 Å². The second kappa shape index (κ2) is 3.54. The van der Waals surface area contributed by atoms with Gasteiger partial charge in [-0.3, -0.25) is 0 Å². The van der Waals surface area contributed by atoms with E-state index in [-0.39, 0.29) is 22.7 Å². The van der Waals surface area contributed by atoms with Crippen molar-refractivity contribution in [1.29, 1.82) is 5.26 Å². The van der Waals surface area contributed by atoms with E-state index in [0.29, 0.717) is 0 Å². The van der Waals surface area contributed by atoms with Crippen molar-refractivity contribution in [2.45, 2.75) is 0 Å². The lowest BCUT2D eigenvalue weighted by Crippen LogP contribution is -1.85. The summed E-state index contributed by atoms with van der Waals surface area (Å²) in [6, 6.07) is 4.07. The molecule has 0 spiro atoms. The molecule has 1 rings (SSSR count). The number of nitriles is 1. The fourth-order valence-electron chi connectivity index (χ4n) is 0.886. The Hall–Kier alpha value is -2.09. The molecule has 1 N–H and O–H groups in total. The van der Waals surface area contributed by atoms with Gasteiger partial charge in [-0.25, -0.2) is 0 Å². The Morgan fingerprint density at radius 1 is 1.62 bits per heavy atom. The minimum Gasteiger partial charge on any atom is -0.504 e. The first-order valence-corrected chi connectivity index (χ1v) is 3.37. The molecule has 0 amide bonds. The zero-order chi connectivity index (χ0) is 9.84. The van der Waals surface area contributed by atoms with Crippen LogP contribution in [0, 0.1) is 16.2 Å². The van der Waals surface area contributed by atoms with Gasteiger partial charge >= 0.3 is 0 Å². The maximum atomic E-state index is 10.2. The number of rotatable bonds is 2. The highest BCUT2D eigenvalue weighted by molar-refractivity contribution is 5.61. The SMILES string of the molecule is COc1cc(N=O)c(C#N)cc1O. The molecule has 0 aromatic heterocycles. The molecule has 0 radical (unpaired) electrons. The van der Waals surface area contributed by atoms with Gasteiger partial charge in [0.05, 0.1) is 12.7 Å². The van der Waals surface area contributed by atoms with Crippen LogP contribution in [0.3, 0.4) is 0 Å². The average molecular weight is 178 g/mol. The van der Waals surface area contributed by atoms with E-state index in [1.54, 1.807) is 6.07 Å². The molecule has 0 unspecified atom stereocenters. The second-order valence-electron chi connectivity index (χ2n) is 2.24. The maximum absolute atomic E-state index is 10.2. The molecule has 66 valence electrons. The number of phenols is 1. The molecule has 1 aromatic carbocycles. The van der Waals surface area contributed by atoms with Crippen LogP contribution in [-0.2, 0) is 0 Å². The Balaban J connectivity index is 3.36. The lowest BCUT2D eigenvalue weighted by atomic mass is 10.2. The van der Waals surface area contributed by atoms with Crippen LogP contribution in [0.2, 0.25) is 0 Å². The molecule has 0 atom stereocenters. The molecule has 0 saturated carbocycles. The first kappa shape index (κ1) is 9.00. The Morgan fingerprint density at radius 2 is 2.31 bits per heavy atom. The van der Waals surface area contributed by atoms with Crippen LogP contribution in [0.25, 0.3) is 0 Å². The van der Waals surface area contributed by atoms with E-state index in [4.69, 9.17) is 10.00 Å². The van der Waals surface area contributed by atoms with Crippen LogP contribution in [0.1, 0.15) is 5.56 Å². The lowest BCUT2D eigenvalue weighted by molar-refractivity contribution is 0.373. The molecule has 5 nitrogen and oxygen atoms in total. The number of benzene rings is 1. The minimum absolute atomic E-state index is 0.0216. The topological polar surface area (TPSA) is 82.7 Å².